The van der Waals surface area contributed by atoms with Crippen molar-refractivity contribution in [2.75, 3.05) is 0 Å². The van der Waals surface area contributed by atoms with E-state index in [1.807, 2.05) is 0 Å². The Kier molecular flexibility index (Phi) is 15.9. The van der Waals surface area contributed by atoms with E-state index in [-0.39, 0.29) is 24.8 Å². The molecule has 0 saturated heterocycles. The van der Waals surface area contributed by atoms with Crippen LogP contribution in [0.25, 0.3) is 21.5 Å². The van der Waals surface area contributed by atoms with E-state index in [0.717, 1.165) is 12.8 Å². The molecule has 1 unspecified atom stereocenters. The zero-order valence-electron chi connectivity index (χ0n) is 26.9. The number of hydrogen-bond donors (Lipinski definition) is 0. The fraction of sp³-hybridized carbons (Fsp3) is 0.268. The fourth-order valence-electron chi connectivity index (χ4n) is 5.18. The minimum atomic E-state index is 0. The van der Waals surface area contributed by atoms with E-state index in [9.17, 15) is 0 Å². The monoisotopic (exact) mass is 696 g/mol. The van der Waals surface area contributed by atoms with E-state index in [1.165, 1.54) is 76.8 Å². The Morgan fingerprint density at radius 2 is 1.16 bits per heavy atom. The molecule has 0 bridgehead atoms. The second kappa shape index (κ2) is 18.5. The predicted octanol–water partition coefficient (Wildman–Crippen LogP) is 4.86. The van der Waals surface area contributed by atoms with Gasteiger partial charge in [0.15, 0.2) is 0 Å². The van der Waals surface area contributed by atoms with Gasteiger partial charge in [-0.2, -0.15) is 6.08 Å². The van der Waals surface area contributed by atoms with Crippen LogP contribution in [0, 0.1) is 23.8 Å². The third-order valence-corrected chi connectivity index (χ3v) is 9.35. The van der Waals surface area contributed by atoms with Gasteiger partial charge in [-0.15, -0.1) is 39.7 Å². The van der Waals surface area contributed by atoms with Crippen molar-refractivity contribution in [3.8, 4) is 0 Å². The molecule has 0 saturated carbocycles. The SMILES string of the molecule is CC(C)C1=[C-]C(C(C)C)C=C1.CCc1ccc2c(c1)[cH-]c1cc(CC)ccc12.[Cl-].[Cl-].[Zr+2]=[C](c1ccccc1)c1ccccc1. The first-order valence-electron chi connectivity index (χ1n) is 15.4. The van der Waals surface area contributed by atoms with Crippen molar-refractivity contribution in [1.29, 1.82) is 0 Å². The Labute approximate surface area is 293 Å². The fourth-order valence-corrected chi connectivity index (χ4v) is 6.00. The van der Waals surface area contributed by atoms with Gasteiger partial charge in [0.1, 0.15) is 0 Å². The van der Waals surface area contributed by atoms with Crippen LogP contribution < -0.4 is 24.8 Å². The van der Waals surface area contributed by atoms with E-state index in [0.29, 0.717) is 17.8 Å². The molecule has 1 aliphatic carbocycles. The molecule has 0 fully saturated rings. The van der Waals surface area contributed by atoms with Gasteiger partial charge < -0.3 is 24.8 Å². The molecule has 0 heterocycles. The van der Waals surface area contributed by atoms with Gasteiger partial charge in [-0.05, 0) is 12.8 Å². The minimum absolute atomic E-state index is 0. The molecule has 0 spiro atoms. The van der Waals surface area contributed by atoms with Crippen LogP contribution in [-0.2, 0) is 37.1 Å². The Bertz CT molecular complexity index is 1560. The molecule has 1 aliphatic rings. The summed E-state index contributed by atoms with van der Waals surface area (Å²) in [6.07, 6.45) is 10.2. The summed E-state index contributed by atoms with van der Waals surface area (Å²) < 4.78 is 1.42. The van der Waals surface area contributed by atoms with Crippen LogP contribution >= 0.6 is 0 Å². The van der Waals surface area contributed by atoms with Crippen molar-refractivity contribution in [2.24, 2.45) is 17.8 Å². The van der Waals surface area contributed by atoms with Gasteiger partial charge >= 0.3 is 99.2 Å². The zero-order chi connectivity index (χ0) is 30.1. The van der Waals surface area contributed by atoms with Crippen molar-refractivity contribution >= 4 is 24.8 Å². The molecule has 3 heteroatoms. The average molecular weight is 699 g/mol. The molecule has 0 aliphatic heterocycles. The molecular weight excluding hydrogens is 655 g/mol. The maximum absolute atomic E-state index is 3.50. The van der Waals surface area contributed by atoms with Crippen LogP contribution in [0.15, 0.2) is 121 Å². The standard InChI is InChI=1S/C17H17.C13H10.C11H17.2ClH.Zr/c1-3-12-5-7-16-14(9-12)11-15-10-13(4-2)6-8-17(15)16;1-3-7-12(8-4-1)11-13-9-5-2-6-10-13;1-8(2)10-5-6-11(7-10)9(3)4;;;/h5-11H,3-4H2,1-2H3;1-10H;5-6,8-10H,1-4H3;2*1H;/q-1;;-1;;;+2/p-2. The quantitative estimate of drug-likeness (QED) is 0.223. The van der Waals surface area contributed by atoms with Crippen LogP contribution in [0.1, 0.15) is 63.8 Å². The topological polar surface area (TPSA) is 0 Å². The summed E-state index contributed by atoms with van der Waals surface area (Å²) in [6, 6.07) is 37.1. The average Bonchev–Trinajstić information content (AvgIpc) is 3.67. The molecule has 44 heavy (non-hydrogen) atoms. The molecular formula is C41H44Cl2Zr-2. The second-order valence-electron chi connectivity index (χ2n) is 11.7. The number of allylic oxidation sites excluding steroid dienone is 4. The van der Waals surface area contributed by atoms with E-state index >= 15 is 0 Å². The van der Waals surface area contributed by atoms with Gasteiger partial charge in [0, 0.05) is 0 Å². The number of benzene rings is 4. The summed E-state index contributed by atoms with van der Waals surface area (Å²) in [5.74, 6) is 1.89. The summed E-state index contributed by atoms with van der Waals surface area (Å²) in [7, 11) is 0. The molecule has 0 aromatic heterocycles. The van der Waals surface area contributed by atoms with Crippen molar-refractivity contribution < 1.29 is 49.0 Å². The Morgan fingerprint density at radius 3 is 1.50 bits per heavy atom. The van der Waals surface area contributed by atoms with Crippen molar-refractivity contribution in [1.82, 2.24) is 0 Å². The van der Waals surface area contributed by atoms with Gasteiger partial charge in [0.05, 0.1) is 0 Å². The Hall–Kier alpha value is -2.44. The number of halogens is 2. The Balaban J connectivity index is 0.000000231. The number of aryl methyl sites for hydroxylation is 2. The van der Waals surface area contributed by atoms with E-state index < -0.39 is 0 Å². The van der Waals surface area contributed by atoms with E-state index in [1.54, 1.807) is 0 Å². The number of hydrogen-bond acceptors (Lipinski definition) is 0. The third kappa shape index (κ3) is 10.0. The summed E-state index contributed by atoms with van der Waals surface area (Å²) in [4.78, 5) is 0. The molecule has 5 aromatic rings. The Morgan fingerprint density at radius 1 is 0.705 bits per heavy atom. The third-order valence-electron chi connectivity index (χ3n) is 7.93. The van der Waals surface area contributed by atoms with Gasteiger partial charge in [-0.3, -0.25) is 6.08 Å². The summed E-state index contributed by atoms with van der Waals surface area (Å²) in [5.41, 5.74) is 6.88. The summed E-state index contributed by atoms with van der Waals surface area (Å²) >= 11 is 1.46. The molecule has 5 aromatic carbocycles. The summed E-state index contributed by atoms with van der Waals surface area (Å²) in [6.45, 7) is 13.3. The van der Waals surface area contributed by atoms with Gasteiger partial charge in [0.2, 0.25) is 0 Å². The summed E-state index contributed by atoms with van der Waals surface area (Å²) in [5, 5.41) is 5.54. The second-order valence-corrected chi connectivity index (χ2v) is 12.9. The normalized spacial score (nSPS) is 13.4. The molecule has 1 atom stereocenters. The van der Waals surface area contributed by atoms with Crippen LogP contribution in [0.2, 0.25) is 0 Å². The van der Waals surface area contributed by atoms with E-state index in [2.05, 4.69) is 163 Å². The number of rotatable bonds is 6. The van der Waals surface area contributed by atoms with Crippen LogP contribution in [0.4, 0.5) is 0 Å². The van der Waals surface area contributed by atoms with Gasteiger partial charge in [-0.1, -0.05) is 94.7 Å². The predicted molar refractivity (Wildman–Crippen MR) is 181 cm³/mol. The first-order valence-corrected chi connectivity index (χ1v) is 16.7. The molecule has 6 rings (SSSR count). The van der Waals surface area contributed by atoms with Crippen molar-refractivity contribution in [3.63, 3.8) is 0 Å². The van der Waals surface area contributed by atoms with Crippen molar-refractivity contribution in [3.05, 3.63) is 149 Å². The molecule has 0 N–H and O–H groups in total. The van der Waals surface area contributed by atoms with E-state index in [4.69, 9.17) is 0 Å². The maximum atomic E-state index is 3.50. The van der Waals surface area contributed by atoms with Gasteiger partial charge in [-0.25, -0.2) is 11.6 Å². The first kappa shape index (κ1) is 37.7. The number of fused-ring (bicyclic) bond motifs is 3. The first-order chi connectivity index (χ1) is 20.3. The van der Waals surface area contributed by atoms with Gasteiger partial charge in [0.25, 0.3) is 0 Å². The zero-order valence-corrected chi connectivity index (χ0v) is 30.8. The van der Waals surface area contributed by atoms with Crippen LogP contribution in [0.3, 0.4) is 0 Å². The molecule has 0 amide bonds. The molecule has 0 nitrogen and oxygen atoms in total. The van der Waals surface area contributed by atoms with Crippen LogP contribution in [0.5, 0.6) is 0 Å². The molecule has 228 valence electrons. The van der Waals surface area contributed by atoms with Crippen LogP contribution in [-0.4, -0.2) is 3.21 Å². The van der Waals surface area contributed by atoms with Crippen molar-refractivity contribution in [2.45, 2.75) is 54.4 Å². The molecule has 0 radical (unpaired) electrons.